The summed E-state index contributed by atoms with van der Waals surface area (Å²) in [5.41, 5.74) is 9.03. The van der Waals surface area contributed by atoms with Gasteiger partial charge in [-0.15, -0.1) is 6.42 Å². The molecule has 0 atom stereocenters. The summed E-state index contributed by atoms with van der Waals surface area (Å²) in [5, 5.41) is 4.11. The van der Waals surface area contributed by atoms with Crippen molar-refractivity contribution >= 4 is 22.4 Å². The molecular weight excluding hydrogens is 316 g/mol. The van der Waals surface area contributed by atoms with E-state index in [1.165, 1.54) is 6.33 Å². The summed E-state index contributed by atoms with van der Waals surface area (Å²) in [6.07, 6.45) is 7.05. The number of anilines is 2. The lowest BCUT2D eigenvalue weighted by molar-refractivity contribution is 0.356. The minimum Gasteiger partial charge on any atom is -0.493 e. The highest BCUT2D eigenvalue weighted by Gasteiger charge is 2.13. The zero-order valence-electron chi connectivity index (χ0n) is 14.0. The maximum absolute atomic E-state index is 5.87. The molecule has 3 aromatic rings. The third-order valence-electron chi connectivity index (χ3n) is 3.93. The smallest absolute Gasteiger partial charge is 0.162 e. The Kier molecular flexibility index (Phi) is 4.68. The van der Waals surface area contributed by atoms with Crippen LogP contribution in [0.15, 0.2) is 36.7 Å². The Morgan fingerprint density at radius 2 is 1.92 bits per heavy atom. The molecule has 0 aliphatic rings. The van der Waals surface area contributed by atoms with E-state index in [0.29, 0.717) is 23.9 Å². The number of fused-ring (bicyclic) bond motifs is 1. The molecule has 0 unspecified atom stereocenters. The number of terminal acetylenes is 1. The van der Waals surface area contributed by atoms with Gasteiger partial charge in [-0.2, -0.15) is 0 Å². The lowest BCUT2D eigenvalue weighted by Gasteiger charge is -2.14. The lowest BCUT2D eigenvalue weighted by atomic mass is 10.1. The summed E-state index contributed by atoms with van der Waals surface area (Å²) in [6, 6.07) is 9.30. The van der Waals surface area contributed by atoms with E-state index in [2.05, 4.69) is 21.2 Å². The van der Waals surface area contributed by atoms with Gasteiger partial charge in [0.1, 0.15) is 12.1 Å². The topological polar surface area (TPSA) is 82.3 Å². The zero-order valence-corrected chi connectivity index (χ0v) is 14.0. The summed E-state index contributed by atoms with van der Waals surface area (Å²) >= 11 is 0. The highest BCUT2D eigenvalue weighted by molar-refractivity contribution is 5.93. The quantitative estimate of drug-likeness (QED) is 0.698. The van der Waals surface area contributed by atoms with E-state index in [9.17, 15) is 0 Å². The van der Waals surface area contributed by atoms with Gasteiger partial charge >= 0.3 is 0 Å². The van der Waals surface area contributed by atoms with Gasteiger partial charge in [-0.3, -0.25) is 0 Å². The van der Waals surface area contributed by atoms with Crippen LogP contribution in [0.2, 0.25) is 0 Å². The van der Waals surface area contributed by atoms with Crippen molar-refractivity contribution in [3.8, 4) is 23.8 Å². The van der Waals surface area contributed by atoms with E-state index in [-0.39, 0.29) is 0 Å². The number of rotatable bonds is 5. The number of ether oxygens (including phenoxy) is 2. The minimum atomic E-state index is 0.322. The van der Waals surface area contributed by atoms with Crippen LogP contribution in [0.25, 0.3) is 10.9 Å². The number of methoxy groups -OCH3 is 2. The van der Waals surface area contributed by atoms with Gasteiger partial charge in [-0.1, -0.05) is 12.0 Å². The molecule has 0 amide bonds. The average molecular weight is 334 g/mol. The van der Waals surface area contributed by atoms with E-state index in [1.807, 2.05) is 30.3 Å². The lowest BCUT2D eigenvalue weighted by Crippen LogP contribution is -2.06. The van der Waals surface area contributed by atoms with Crippen molar-refractivity contribution in [2.75, 3.05) is 19.5 Å². The fraction of sp³-hybridized carbons (Fsp3) is 0.158. The molecule has 2 aromatic carbocycles. The molecule has 0 bridgehead atoms. The number of hydrogen-bond donors (Lipinski definition) is 2. The van der Waals surface area contributed by atoms with E-state index in [0.717, 1.165) is 27.7 Å². The molecule has 0 aliphatic carbocycles. The van der Waals surface area contributed by atoms with E-state index in [4.69, 9.17) is 21.6 Å². The molecule has 0 saturated carbocycles. The van der Waals surface area contributed by atoms with Gasteiger partial charge in [-0.05, 0) is 18.2 Å². The van der Waals surface area contributed by atoms with Crippen molar-refractivity contribution in [1.29, 1.82) is 0 Å². The average Bonchev–Trinajstić information content (AvgIpc) is 2.66. The van der Waals surface area contributed by atoms with Gasteiger partial charge < -0.3 is 20.5 Å². The van der Waals surface area contributed by atoms with Crippen LogP contribution < -0.4 is 20.5 Å². The van der Waals surface area contributed by atoms with Gasteiger partial charge in [0.05, 0.1) is 19.7 Å². The number of benzene rings is 2. The second-order valence-electron chi connectivity index (χ2n) is 5.25. The van der Waals surface area contributed by atoms with Gasteiger partial charge in [0.15, 0.2) is 11.5 Å². The third kappa shape index (κ3) is 3.05. The molecule has 6 nitrogen and oxygen atoms in total. The van der Waals surface area contributed by atoms with Gasteiger partial charge in [-0.25, -0.2) is 9.97 Å². The first kappa shape index (κ1) is 16.6. The van der Waals surface area contributed by atoms with Crippen LogP contribution in [-0.4, -0.2) is 24.2 Å². The molecule has 0 fully saturated rings. The molecule has 3 rings (SSSR count). The molecule has 0 aliphatic heterocycles. The van der Waals surface area contributed by atoms with Gasteiger partial charge in [0, 0.05) is 34.8 Å². The summed E-state index contributed by atoms with van der Waals surface area (Å²) in [6.45, 7) is 0.322. The highest BCUT2D eigenvalue weighted by Crippen LogP contribution is 2.34. The minimum absolute atomic E-state index is 0.322. The van der Waals surface area contributed by atoms with Gasteiger partial charge in [0.25, 0.3) is 0 Å². The van der Waals surface area contributed by atoms with Crippen LogP contribution in [-0.2, 0) is 6.54 Å². The Morgan fingerprint density at radius 1 is 1.16 bits per heavy atom. The first-order chi connectivity index (χ1) is 12.2. The van der Waals surface area contributed by atoms with Crippen LogP contribution in [0.5, 0.6) is 11.5 Å². The Morgan fingerprint density at radius 3 is 2.60 bits per heavy atom. The van der Waals surface area contributed by atoms with E-state index >= 15 is 0 Å². The molecule has 3 N–H and O–H groups in total. The fourth-order valence-electron chi connectivity index (χ4n) is 2.67. The van der Waals surface area contributed by atoms with Crippen LogP contribution in [0.4, 0.5) is 11.5 Å². The van der Waals surface area contributed by atoms with Crippen molar-refractivity contribution in [3.05, 3.63) is 47.8 Å². The molecule has 6 heteroatoms. The molecule has 25 heavy (non-hydrogen) atoms. The van der Waals surface area contributed by atoms with Crippen molar-refractivity contribution in [3.63, 3.8) is 0 Å². The Hall–Kier alpha value is -3.30. The number of nitrogens with zero attached hydrogens (tertiary/aromatic N) is 2. The van der Waals surface area contributed by atoms with Crippen molar-refractivity contribution in [2.45, 2.75) is 6.54 Å². The predicted molar refractivity (Wildman–Crippen MR) is 98.2 cm³/mol. The summed E-state index contributed by atoms with van der Waals surface area (Å²) in [7, 11) is 3.17. The van der Waals surface area contributed by atoms with Crippen LogP contribution in [0.1, 0.15) is 11.1 Å². The maximum atomic E-state index is 5.87. The number of nitrogens with one attached hydrogen (secondary N) is 1. The second kappa shape index (κ2) is 7.07. The molecule has 1 aromatic heterocycles. The molecular formula is C19H18N4O2. The van der Waals surface area contributed by atoms with Crippen molar-refractivity contribution < 1.29 is 9.47 Å². The Labute approximate surface area is 146 Å². The summed E-state index contributed by atoms with van der Waals surface area (Å²) in [5.74, 6) is 4.50. The van der Waals surface area contributed by atoms with Gasteiger partial charge in [0.2, 0.25) is 0 Å². The van der Waals surface area contributed by atoms with Crippen LogP contribution in [0.3, 0.4) is 0 Å². The van der Waals surface area contributed by atoms with E-state index < -0.39 is 0 Å². The van der Waals surface area contributed by atoms with Crippen molar-refractivity contribution in [2.24, 2.45) is 5.73 Å². The van der Waals surface area contributed by atoms with Crippen LogP contribution >= 0.6 is 0 Å². The molecule has 126 valence electrons. The first-order valence-electron chi connectivity index (χ1n) is 7.64. The fourth-order valence-corrected chi connectivity index (χ4v) is 2.67. The number of nitrogens with two attached hydrogens (primary N) is 1. The molecule has 0 saturated heterocycles. The first-order valence-corrected chi connectivity index (χ1v) is 7.64. The second-order valence-corrected chi connectivity index (χ2v) is 5.25. The van der Waals surface area contributed by atoms with E-state index in [1.54, 1.807) is 14.2 Å². The van der Waals surface area contributed by atoms with Crippen LogP contribution in [0, 0.1) is 12.3 Å². The largest absolute Gasteiger partial charge is 0.493 e. The third-order valence-corrected chi connectivity index (χ3v) is 3.93. The summed E-state index contributed by atoms with van der Waals surface area (Å²) < 4.78 is 10.7. The number of hydrogen-bond acceptors (Lipinski definition) is 6. The standard InChI is InChI=1S/C19H18N4O2/c1-4-12-6-5-7-15(14(12)10-20)23-19-13-8-17(24-2)18(25-3)9-16(13)21-11-22-19/h1,5-9,11H,10,20H2,2-3H3,(H,21,22,23). The normalized spacial score (nSPS) is 10.3. The Balaban J connectivity index is 2.13. The summed E-state index contributed by atoms with van der Waals surface area (Å²) in [4.78, 5) is 8.65. The predicted octanol–water partition coefficient (Wildman–Crippen LogP) is 2.83. The SMILES string of the molecule is C#Cc1cccc(Nc2ncnc3cc(OC)c(OC)cc23)c1CN. The molecule has 0 spiro atoms. The maximum Gasteiger partial charge on any atom is 0.162 e. The number of aromatic nitrogens is 2. The van der Waals surface area contributed by atoms with Crippen molar-refractivity contribution in [1.82, 2.24) is 9.97 Å². The monoisotopic (exact) mass is 334 g/mol. The highest BCUT2D eigenvalue weighted by atomic mass is 16.5. The molecule has 0 radical (unpaired) electrons. The molecule has 1 heterocycles. The zero-order chi connectivity index (χ0) is 17.8. The Bertz CT molecular complexity index is 964.